The van der Waals surface area contributed by atoms with Crippen molar-refractivity contribution in [3.8, 4) is 0 Å². The summed E-state index contributed by atoms with van der Waals surface area (Å²) in [4.78, 5) is 4.50. The predicted octanol–water partition coefficient (Wildman–Crippen LogP) is 4.21. The molecule has 1 aromatic carbocycles. The van der Waals surface area contributed by atoms with E-state index in [0.29, 0.717) is 0 Å². The second-order valence-corrected chi connectivity index (χ2v) is 4.43. The van der Waals surface area contributed by atoms with Crippen molar-refractivity contribution in [1.29, 1.82) is 0 Å². The fourth-order valence-electron chi connectivity index (χ4n) is 1.39. The van der Waals surface area contributed by atoms with Gasteiger partial charge >= 0.3 is 0 Å². The first-order valence-corrected chi connectivity index (χ1v) is 5.62. The zero-order valence-corrected chi connectivity index (χ0v) is 10.1. The SMILES string of the molecule is CCc1cc(Cl)c2ccc(Br)cc2n1. The molecule has 0 amide bonds. The second-order valence-electron chi connectivity index (χ2n) is 3.11. The molecular formula is C11H9BrClN. The Bertz CT molecular complexity index is 482. The number of nitrogens with zero attached hydrogens (tertiary/aromatic N) is 1. The van der Waals surface area contributed by atoms with Crippen LogP contribution in [0.25, 0.3) is 10.9 Å². The van der Waals surface area contributed by atoms with Crippen molar-refractivity contribution in [2.24, 2.45) is 0 Å². The number of halogens is 2. The van der Waals surface area contributed by atoms with E-state index < -0.39 is 0 Å². The maximum Gasteiger partial charge on any atom is 0.0731 e. The van der Waals surface area contributed by atoms with Crippen LogP contribution >= 0.6 is 27.5 Å². The van der Waals surface area contributed by atoms with Crippen molar-refractivity contribution >= 4 is 38.4 Å². The van der Waals surface area contributed by atoms with Gasteiger partial charge in [-0.05, 0) is 24.6 Å². The minimum Gasteiger partial charge on any atom is -0.253 e. The van der Waals surface area contributed by atoms with Crippen molar-refractivity contribution in [2.75, 3.05) is 0 Å². The minimum absolute atomic E-state index is 0.777. The molecule has 0 radical (unpaired) electrons. The fourth-order valence-corrected chi connectivity index (χ4v) is 2.03. The molecule has 0 saturated carbocycles. The van der Waals surface area contributed by atoms with Crippen LogP contribution in [0, 0.1) is 0 Å². The first-order chi connectivity index (χ1) is 6.70. The highest BCUT2D eigenvalue weighted by Crippen LogP contribution is 2.25. The van der Waals surface area contributed by atoms with Crippen molar-refractivity contribution in [2.45, 2.75) is 13.3 Å². The molecule has 0 atom stereocenters. The monoisotopic (exact) mass is 269 g/mol. The van der Waals surface area contributed by atoms with E-state index in [1.165, 1.54) is 0 Å². The predicted molar refractivity (Wildman–Crippen MR) is 63.8 cm³/mol. The van der Waals surface area contributed by atoms with Gasteiger partial charge in [-0.3, -0.25) is 4.98 Å². The molecule has 0 bridgehead atoms. The van der Waals surface area contributed by atoms with Gasteiger partial charge in [0, 0.05) is 15.6 Å². The van der Waals surface area contributed by atoms with Crippen LogP contribution < -0.4 is 0 Å². The first-order valence-electron chi connectivity index (χ1n) is 4.45. The van der Waals surface area contributed by atoms with Crippen LogP contribution in [0.15, 0.2) is 28.7 Å². The molecule has 2 rings (SSSR count). The van der Waals surface area contributed by atoms with Crippen molar-refractivity contribution in [1.82, 2.24) is 4.98 Å². The molecule has 2 aromatic rings. The standard InChI is InChI=1S/C11H9BrClN/c1-2-8-6-10(13)9-4-3-7(12)5-11(9)14-8/h3-6H,2H2,1H3. The normalized spacial score (nSPS) is 10.8. The average molecular weight is 271 g/mol. The van der Waals surface area contributed by atoms with E-state index in [4.69, 9.17) is 11.6 Å². The van der Waals surface area contributed by atoms with E-state index in [-0.39, 0.29) is 0 Å². The Labute approximate surface area is 96.2 Å². The third kappa shape index (κ3) is 1.77. The number of pyridine rings is 1. The summed E-state index contributed by atoms with van der Waals surface area (Å²) in [5.41, 5.74) is 1.98. The Morgan fingerprint density at radius 3 is 2.86 bits per heavy atom. The number of benzene rings is 1. The Kier molecular flexibility index (Phi) is 2.75. The lowest BCUT2D eigenvalue weighted by molar-refractivity contribution is 1.06. The van der Waals surface area contributed by atoms with Crippen LogP contribution in [0.3, 0.4) is 0 Å². The molecule has 0 unspecified atom stereocenters. The van der Waals surface area contributed by atoms with Gasteiger partial charge in [-0.25, -0.2) is 0 Å². The van der Waals surface area contributed by atoms with Gasteiger partial charge in [0.1, 0.15) is 0 Å². The Morgan fingerprint density at radius 2 is 2.14 bits per heavy atom. The van der Waals surface area contributed by atoms with E-state index in [2.05, 4.69) is 27.8 Å². The molecule has 0 N–H and O–H groups in total. The number of aromatic nitrogens is 1. The highest BCUT2D eigenvalue weighted by atomic mass is 79.9. The van der Waals surface area contributed by atoms with E-state index in [9.17, 15) is 0 Å². The van der Waals surface area contributed by atoms with Crippen LogP contribution in [0.2, 0.25) is 5.02 Å². The average Bonchev–Trinajstić information content (AvgIpc) is 2.16. The van der Waals surface area contributed by atoms with Crippen LogP contribution in [0.4, 0.5) is 0 Å². The van der Waals surface area contributed by atoms with Gasteiger partial charge in [-0.1, -0.05) is 40.5 Å². The van der Waals surface area contributed by atoms with Crippen molar-refractivity contribution in [3.05, 3.63) is 39.5 Å². The summed E-state index contributed by atoms with van der Waals surface area (Å²) >= 11 is 9.56. The summed E-state index contributed by atoms with van der Waals surface area (Å²) < 4.78 is 1.03. The molecule has 0 aliphatic rings. The minimum atomic E-state index is 0.777. The third-order valence-electron chi connectivity index (χ3n) is 2.14. The first kappa shape index (κ1) is 9.94. The van der Waals surface area contributed by atoms with Gasteiger partial charge in [0.15, 0.2) is 0 Å². The molecule has 0 aliphatic carbocycles. The topological polar surface area (TPSA) is 12.9 Å². The van der Waals surface area contributed by atoms with Crippen LogP contribution in [-0.4, -0.2) is 4.98 Å². The largest absolute Gasteiger partial charge is 0.253 e. The molecule has 1 aromatic heterocycles. The third-order valence-corrected chi connectivity index (χ3v) is 2.94. The molecule has 1 nitrogen and oxygen atoms in total. The van der Waals surface area contributed by atoms with Crippen molar-refractivity contribution < 1.29 is 0 Å². The molecule has 1 heterocycles. The number of rotatable bonds is 1. The highest BCUT2D eigenvalue weighted by molar-refractivity contribution is 9.10. The molecule has 0 saturated heterocycles. The maximum atomic E-state index is 6.14. The summed E-state index contributed by atoms with van der Waals surface area (Å²) in [6.07, 6.45) is 0.905. The quantitative estimate of drug-likeness (QED) is 0.756. The molecule has 0 fully saturated rings. The van der Waals surface area contributed by atoms with Crippen LogP contribution in [0.5, 0.6) is 0 Å². The van der Waals surface area contributed by atoms with E-state index in [0.717, 1.165) is 32.5 Å². The Balaban J connectivity index is 2.77. The van der Waals surface area contributed by atoms with Gasteiger partial charge in [0.05, 0.1) is 10.5 Å². The van der Waals surface area contributed by atoms with Gasteiger partial charge in [-0.2, -0.15) is 0 Å². The van der Waals surface area contributed by atoms with Crippen molar-refractivity contribution in [3.63, 3.8) is 0 Å². The number of aryl methyl sites for hydroxylation is 1. The lowest BCUT2D eigenvalue weighted by Gasteiger charge is -2.03. The molecule has 3 heteroatoms. The fraction of sp³-hybridized carbons (Fsp3) is 0.182. The van der Waals surface area contributed by atoms with E-state index in [1.54, 1.807) is 0 Å². The van der Waals surface area contributed by atoms with Gasteiger partial charge in [0.25, 0.3) is 0 Å². The van der Waals surface area contributed by atoms with Gasteiger partial charge in [0.2, 0.25) is 0 Å². The summed E-state index contributed by atoms with van der Waals surface area (Å²) in [5, 5.41) is 1.78. The number of hydrogen-bond donors (Lipinski definition) is 0. The van der Waals surface area contributed by atoms with Crippen LogP contribution in [-0.2, 0) is 6.42 Å². The lowest BCUT2D eigenvalue weighted by atomic mass is 10.2. The number of hydrogen-bond acceptors (Lipinski definition) is 1. The van der Waals surface area contributed by atoms with E-state index in [1.807, 2.05) is 24.3 Å². The number of fused-ring (bicyclic) bond motifs is 1. The summed E-state index contributed by atoms with van der Waals surface area (Å²) in [7, 11) is 0. The smallest absolute Gasteiger partial charge is 0.0731 e. The zero-order valence-electron chi connectivity index (χ0n) is 7.72. The summed E-state index contributed by atoms with van der Waals surface area (Å²) in [6.45, 7) is 2.07. The maximum absolute atomic E-state index is 6.14. The lowest BCUT2D eigenvalue weighted by Crippen LogP contribution is -1.88. The second kappa shape index (κ2) is 3.87. The molecule has 72 valence electrons. The Hall–Kier alpha value is -0.600. The summed E-state index contributed by atoms with van der Waals surface area (Å²) in [5.74, 6) is 0. The molecule has 0 aliphatic heterocycles. The molecular weight excluding hydrogens is 261 g/mol. The summed E-state index contributed by atoms with van der Waals surface area (Å²) in [6, 6.07) is 7.87. The molecule has 0 spiro atoms. The van der Waals surface area contributed by atoms with E-state index >= 15 is 0 Å². The zero-order chi connectivity index (χ0) is 10.1. The van der Waals surface area contributed by atoms with Crippen LogP contribution in [0.1, 0.15) is 12.6 Å². The Morgan fingerprint density at radius 1 is 1.36 bits per heavy atom. The highest BCUT2D eigenvalue weighted by Gasteiger charge is 2.03. The van der Waals surface area contributed by atoms with Gasteiger partial charge < -0.3 is 0 Å². The molecule has 14 heavy (non-hydrogen) atoms. The van der Waals surface area contributed by atoms with Gasteiger partial charge in [-0.15, -0.1) is 0 Å².